The summed E-state index contributed by atoms with van der Waals surface area (Å²) >= 11 is 9.67. The first kappa shape index (κ1) is 26.5. The molecule has 0 aliphatic heterocycles. The molecule has 0 spiro atoms. The van der Waals surface area contributed by atoms with E-state index in [0.29, 0.717) is 16.3 Å². The van der Waals surface area contributed by atoms with Gasteiger partial charge >= 0.3 is 0 Å². The van der Waals surface area contributed by atoms with Gasteiger partial charge in [-0.2, -0.15) is 0 Å². The molecule has 0 radical (unpaired) electrons. The van der Waals surface area contributed by atoms with Crippen molar-refractivity contribution in [3.05, 3.63) is 63.6 Å². The number of sulfonamides is 1. The molecule has 34 heavy (non-hydrogen) atoms. The van der Waals surface area contributed by atoms with Crippen molar-refractivity contribution in [2.24, 2.45) is 0 Å². The molecule has 1 atom stereocenters. The van der Waals surface area contributed by atoms with Gasteiger partial charge in [0.05, 0.1) is 11.9 Å². The molecule has 1 aliphatic carbocycles. The Morgan fingerprint density at radius 2 is 1.74 bits per heavy atom. The zero-order chi connectivity index (χ0) is 24.9. The van der Waals surface area contributed by atoms with Gasteiger partial charge in [0.1, 0.15) is 12.6 Å². The SMILES string of the molecule is CC(C(=O)NC1CCCC1)N(Cc1ccccc1Cl)C(=O)CN(c1ccc(Br)cc1)S(C)(=O)=O. The zero-order valence-electron chi connectivity index (χ0n) is 19.2. The fourth-order valence-corrected chi connectivity index (χ4v) is 5.32. The lowest BCUT2D eigenvalue weighted by molar-refractivity contribution is -0.139. The molecule has 1 fully saturated rings. The number of carbonyl (C=O) groups is 2. The van der Waals surface area contributed by atoms with Crippen LogP contribution in [0.2, 0.25) is 5.02 Å². The number of hydrogen-bond acceptors (Lipinski definition) is 4. The van der Waals surface area contributed by atoms with Gasteiger partial charge in [-0.3, -0.25) is 13.9 Å². The monoisotopic (exact) mass is 569 g/mol. The summed E-state index contributed by atoms with van der Waals surface area (Å²) in [5.74, 6) is -0.760. The number of halogens is 2. The molecule has 1 N–H and O–H groups in total. The van der Waals surface area contributed by atoms with Crippen LogP contribution in [0.5, 0.6) is 0 Å². The number of carbonyl (C=O) groups excluding carboxylic acids is 2. The summed E-state index contributed by atoms with van der Waals surface area (Å²) in [6.45, 7) is 1.30. The van der Waals surface area contributed by atoms with E-state index in [1.54, 1.807) is 55.5 Å². The molecule has 2 amide bonds. The molecule has 3 rings (SSSR count). The Labute approximate surface area is 214 Å². The second kappa shape index (κ2) is 11.6. The minimum atomic E-state index is -3.76. The van der Waals surface area contributed by atoms with E-state index in [1.165, 1.54) is 4.90 Å². The number of hydrogen-bond donors (Lipinski definition) is 1. The predicted molar refractivity (Wildman–Crippen MR) is 138 cm³/mol. The predicted octanol–water partition coefficient (Wildman–Crippen LogP) is 4.34. The number of rotatable bonds is 9. The highest BCUT2D eigenvalue weighted by Gasteiger charge is 2.31. The Hall–Kier alpha value is -2.10. The van der Waals surface area contributed by atoms with Crippen LogP contribution in [-0.2, 0) is 26.2 Å². The molecule has 7 nitrogen and oxygen atoms in total. The minimum Gasteiger partial charge on any atom is -0.352 e. The maximum absolute atomic E-state index is 13.5. The minimum absolute atomic E-state index is 0.0791. The maximum Gasteiger partial charge on any atom is 0.244 e. The van der Waals surface area contributed by atoms with E-state index >= 15 is 0 Å². The van der Waals surface area contributed by atoms with Gasteiger partial charge in [0.15, 0.2) is 0 Å². The lowest BCUT2D eigenvalue weighted by Crippen LogP contribution is -2.52. The molecule has 184 valence electrons. The van der Waals surface area contributed by atoms with Crippen molar-refractivity contribution in [3.63, 3.8) is 0 Å². The highest BCUT2D eigenvalue weighted by Crippen LogP contribution is 2.23. The largest absolute Gasteiger partial charge is 0.352 e. The standard InChI is InChI=1S/C24H29BrClN3O4S/c1-17(24(31)27-20-8-4-5-9-20)28(15-18-7-3-6-10-22(18)26)23(30)16-29(34(2,32)33)21-13-11-19(25)12-14-21/h3,6-7,10-14,17,20H,4-5,8-9,15-16H2,1-2H3,(H,27,31). The van der Waals surface area contributed by atoms with E-state index < -0.39 is 28.5 Å². The lowest BCUT2D eigenvalue weighted by atomic mass is 10.1. The Balaban J connectivity index is 1.88. The van der Waals surface area contributed by atoms with E-state index in [-0.39, 0.29) is 18.5 Å². The van der Waals surface area contributed by atoms with E-state index in [2.05, 4.69) is 21.2 Å². The summed E-state index contributed by atoms with van der Waals surface area (Å²) in [6.07, 6.45) is 5.03. The summed E-state index contributed by atoms with van der Waals surface area (Å²) in [7, 11) is -3.76. The molecular weight excluding hydrogens is 542 g/mol. The summed E-state index contributed by atoms with van der Waals surface area (Å²) < 4.78 is 27.0. The molecule has 1 aliphatic rings. The van der Waals surface area contributed by atoms with Gasteiger partial charge in [-0.15, -0.1) is 0 Å². The van der Waals surface area contributed by atoms with Crippen molar-refractivity contribution >= 4 is 55.1 Å². The molecule has 2 aromatic rings. The Bertz CT molecular complexity index is 1120. The Kier molecular flexibility index (Phi) is 9.01. The first-order valence-electron chi connectivity index (χ1n) is 11.1. The quantitative estimate of drug-likeness (QED) is 0.486. The van der Waals surface area contributed by atoms with Crippen LogP contribution in [-0.4, -0.2) is 50.0 Å². The topological polar surface area (TPSA) is 86.8 Å². The third kappa shape index (κ3) is 6.96. The van der Waals surface area contributed by atoms with Crippen molar-refractivity contribution in [2.45, 2.75) is 51.2 Å². The van der Waals surface area contributed by atoms with Crippen LogP contribution in [0.4, 0.5) is 5.69 Å². The zero-order valence-corrected chi connectivity index (χ0v) is 22.4. The second-order valence-corrected chi connectivity index (χ2v) is 11.8. The number of nitrogens with zero attached hydrogens (tertiary/aromatic N) is 2. The van der Waals surface area contributed by atoms with Gasteiger partial charge in [-0.05, 0) is 55.7 Å². The smallest absolute Gasteiger partial charge is 0.244 e. The van der Waals surface area contributed by atoms with Crippen molar-refractivity contribution in [1.82, 2.24) is 10.2 Å². The summed E-state index contributed by atoms with van der Waals surface area (Å²) in [4.78, 5) is 28.0. The van der Waals surface area contributed by atoms with E-state index in [9.17, 15) is 18.0 Å². The number of benzene rings is 2. The van der Waals surface area contributed by atoms with E-state index in [4.69, 9.17) is 11.6 Å². The second-order valence-electron chi connectivity index (χ2n) is 8.53. The summed E-state index contributed by atoms with van der Waals surface area (Å²) in [5, 5.41) is 3.50. The molecule has 0 bridgehead atoms. The molecule has 10 heteroatoms. The fourth-order valence-electron chi connectivity index (χ4n) is 4.01. The van der Waals surface area contributed by atoms with Crippen LogP contribution < -0.4 is 9.62 Å². The van der Waals surface area contributed by atoms with Crippen LogP contribution >= 0.6 is 27.5 Å². The molecule has 1 saturated carbocycles. The van der Waals surface area contributed by atoms with Gasteiger partial charge in [0.25, 0.3) is 0 Å². The Morgan fingerprint density at radius 1 is 1.12 bits per heavy atom. The molecule has 0 heterocycles. The van der Waals surface area contributed by atoms with Crippen LogP contribution in [0.1, 0.15) is 38.2 Å². The van der Waals surface area contributed by atoms with Crippen LogP contribution in [0.3, 0.4) is 0 Å². The number of nitrogens with one attached hydrogen (secondary N) is 1. The van der Waals surface area contributed by atoms with Gasteiger partial charge in [0.2, 0.25) is 21.8 Å². The molecular formula is C24H29BrClN3O4S. The van der Waals surface area contributed by atoms with Crippen LogP contribution in [0.25, 0.3) is 0 Å². The highest BCUT2D eigenvalue weighted by atomic mass is 79.9. The third-order valence-corrected chi connectivity index (χ3v) is 8.00. The van der Waals surface area contributed by atoms with E-state index in [0.717, 1.165) is 40.7 Å². The normalized spacial score (nSPS) is 15.1. The van der Waals surface area contributed by atoms with Gasteiger partial charge < -0.3 is 10.2 Å². The molecule has 0 aromatic heterocycles. The van der Waals surface area contributed by atoms with Crippen LogP contribution in [0.15, 0.2) is 53.0 Å². The fraction of sp³-hybridized carbons (Fsp3) is 0.417. The molecule has 0 saturated heterocycles. The summed E-state index contributed by atoms with van der Waals surface area (Å²) in [5.41, 5.74) is 1.03. The molecule has 1 unspecified atom stereocenters. The van der Waals surface area contributed by atoms with E-state index in [1.807, 2.05) is 0 Å². The first-order valence-corrected chi connectivity index (χ1v) is 14.1. The highest BCUT2D eigenvalue weighted by molar-refractivity contribution is 9.10. The van der Waals surface area contributed by atoms with Crippen LogP contribution in [0, 0.1) is 0 Å². The Morgan fingerprint density at radius 3 is 2.32 bits per heavy atom. The number of amides is 2. The average molecular weight is 571 g/mol. The van der Waals surface area contributed by atoms with Gasteiger partial charge in [0, 0.05) is 22.1 Å². The van der Waals surface area contributed by atoms with Crippen molar-refractivity contribution < 1.29 is 18.0 Å². The third-order valence-electron chi connectivity index (χ3n) is 5.96. The maximum atomic E-state index is 13.5. The molecule has 2 aromatic carbocycles. The van der Waals surface area contributed by atoms with Crippen molar-refractivity contribution in [1.29, 1.82) is 0 Å². The average Bonchev–Trinajstić information content (AvgIpc) is 3.29. The van der Waals surface area contributed by atoms with Crippen molar-refractivity contribution in [3.8, 4) is 0 Å². The summed E-state index contributed by atoms with van der Waals surface area (Å²) in [6, 6.07) is 13.0. The van der Waals surface area contributed by atoms with Gasteiger partial charge in [-0.25, -0.2) is 8.42 Å². The number of anilines is 1. The first-order chi connectivity index (χ1) is 16.1. The van der Waals surface area contributed by atoms with Crippen molar-refractivity contribution in [2.75, 3.05) is 17.1 Å². The van der Waals surface area contributed by atoms with Gasteiger partial charge in [-0.1, -0.05) is 58.6 Å². The lowest BCUT2D eigenvalue weighted by Gasteiger charge is -2.32.